The zero-order chi connectivity index (χ0) is 20.2. The first-order chi connectivity index (χ1) is 14.9. The summed E-state index contributed by atoms with van der Waals surface area (Å²) in [6.45, 7) is 5.09. The van der Waals surface area contributed by atoms with Crippen LogP contribution >= 0.6 is 11.3 Å². The van der Waals surface area contributed by atoms with E-state index in [0.717, 1.165) is 38.5 Å². The van der Waals surface area contributed by atoms with Gasteiger partial charge < -0.3 is 4.90 Å². The number of thiophene rings is 1. The topological polar surface area (TPSA) is 52.5 Å². The number of aromatic nitrogens is 4. The summed E-state index contributed by atoms with van der Waals surface area (Å²) in [4.78, 5) is 4.36. The van der Waals surface area contributed by atoms with Gasteiger partial charge in [-0.2, -0.15) is 0 Å². The highest BCUT2D eigenvalue weighted by molar-refractivity contribution is 7.09. The summed E-state index contributed by atoms with van der Waals surface area (Å²) < 4.78 is 1.98. The lowest BCUT2D eigenvalue weighted by Crippen LogP contribution is -3.26. The molecule has 1 aliphatic rings. The molecule has 2 aromatic heterocycles. The van der Waals surface area contributed by atoms with Gasteiger partial charge in [0.05, 0.1) is 6.54 Å². The van der Waals surface area contributed by atoms with Crippen molar-refractivity contribution >= 4 is 17.0 Å². The van der Waals surface area contributed by atoms with Crippen molar-refractivity contribution in [2.24, 2.45) is 0 Å². The number of hydrogen-bond donors (Lipinski definition) is 2. The first kappa shape index (κ1) is 19.1. The molecule has 0 bridgehead atoms. The fourth-order valence-electron chi connectivity index (χ4n) is 4.42. The number of piperazine rings is 1. The summed E-state index contributed by atoms with van der Waals surface area (Å²) in [6, 6.07) is 25.9. The van der Waals surface area contributed by atoms with Crippen LogP contribution in [0.3, 0.4) is 0 Å². The average molecular weight is 419 g/mol. The fraction of sp³-hybridized carbons (Fsp3) is 0.261. The standard InChI is InChI=1S/C23H24N6S/c1-3-8-19(9-4-1)22(23-24-25-26-29(23)18-21-12-7-17-30-21)28-15-13-27(14-16-28)20-10-5-2-6-11-20/h1-12,17,22H,13-16,18H2/p+2/t22-/m0/s1. The molecule has 0 unspecified atom stereocenters. The summed E-state index contributed by atoms with van der Waals surface area (Å²) in [6.07, 6.45) is 0. The van der Waals surface area contributed by atoms with Crippen LogP contribution in [0.1, 0.15) is 22.3 Å². The summed E-state index contributed by atoms with van der Waals surface area (Å²) in [7, 11) is 0. The molecule has 1 saturated heterocycles. The van der Waals surface area contributed by atoms with Gasteiger partial charge in [0.15, 0.2) is 6.04 Å². The molecule has 2 aromatic carbocycles. The normalized spacial score (nSPS) is 20.1. The quantitative estimate of drug-likeness (QED) is 0.491. The molecule has 0 saturated carbocycles. The molecule has 7 heteroatoms. The van der Waals surface area contributed by atoms with Crippen molar-refractivity contribution in [2.45, 2.75) is 12.6 Å². The highest BCUT2D eigenvalue weighted by Gasteiger charge is 2.35. The van der Waals surface area contributed by atoms with Crippen molar-refractivity contribution in [3.63, 3.8) is 0 Å². The van der Waals surface area contributed by atoms with E-state index in [2.05, 4.69) is 93.7 Å². The molecular weight excluding hydrogens is 392 g/mol. The predicted octanol–water partition coefficient (Wildman–Crippen LogP) is 0.987. The molecule has 0 aliphatic carbocycles. The molecule has 1 aliphatic heterocycles. The number of hydrogen-bond acceptors (Lipinski definition) is 4. The third kappa shape index (κ3) is 4.05. The van der Waals surface area contributed by atoms with Crippen LogP contribution in [0.2, 0.25) is 0 Å². The van der Waals surface area contributed by atoms with Gasteiger partial charge >= 0.3 is 0 Å². The number of para-hydroxylation sites is 1. The van der Waals surface area contributed by atoms with Crippen LogP contribution in [-0.4, -0.2) is 46.4 Å². The maximum absolute atomic E-state index is 4.50. The van der Waals surface area contributed by atoms with Gasteiger partial charge in [-0.05, 0) is 34.0 Å². The first-order valence-corrected chi connectivity index (χ1v) is 11.3. The molecule has 30 heavy (non-hydrogen) atoms. The summed E-state index contributed by atoms with van der Waals surface area (Å²) in [5.74, 6) is 0.952. The molecule has 2 N–H and O–H groups in total. The highest BCUT2D eigenvalue weighted by atomic mass is 32.1. The Morgan fingerprint density at radius 3 is 2.30 bits per heavy atom. The van der Waals surface area contributed by atoms with Crippen molar-refractivity contribution in [3.05, 3.63) is 94.4 Å². The Morgan fingerprint density at radius 2 is 1.60 bits per heavy atom. The maximum atomic E-state index is 4.50. The summed E-state index contributed by atoms with van der Waals surface area (Å²) in [5, 5.41) is 15.0. The lowest BCUT2D eigenvalue weighted by molar-refractivity contribution is -1.00. The Kier molecular flexibility index (Phi) is 5.65. The number of rotatable bonds is 6. The van der Waals surface area contributed by atoms with Gasteiger partial charge in [-0.25, -0.2) is 4.68 Å². The van der Waals surface area contributed by atoms with Gasteiger partial charge in [0.2, 0.25) is 5.82 Å². The molecule has 1 atom stereocenters. The van der Waals surface area contributed by atoms with E-state index in [1.807, 2.05) is 4.68 Å². The molecular formula is C23H26N6S+2. The second kappa shape index (κ2) is 8.87. The van der Waals surface area contributed by atoms with Crippen molar-refractivity contribution in [1.82, 2.24) is 20.2 Å². The molecule has 4 aromatic rings. The van der Waals surface area contributed by atoms with E-state index >= 15 is 0 Å². The second-order valence-electron chi connectivity index (χ2n) is 7.75. The van der Waals surface area contributed by atoms with Crippen molar-refractivity contribution in [1.29, 1.82) is 0 Å². The Morgan fingerprint density at radius 1 is 0.867 bits per heavy atom. The van der Waals surface area contributed by atoms with E-state index in [1.165, 1.54) is 21.0 Å². The predicted molar refractivity (Wildman–Crippen MR) is 117 cm³/mol. The Balaban J connectivity index is 1.41. The van der Waals surface area contributed by atoms with Crippen molar-refractivity contribution in [2.75, 3.05) is 26.2 Å². The Hall–Kier alpha value is -2.87. The largest absolute Gasteiger partial charge is 0.313 e. The van der Waals surface area contributed by atoms with E-state index in [0.29, 0.717) is 0 Å². The third-order valence-electron chi connectivity index (χ3n) is 5.92. The Bertz CT molecular complexity index is 1040. The second-order valence-corrected chi connectivity index (χ2v) is 8.78. The third-order valence-corrected chi connectivity index (χ3v) is 6.78. The van der Waals surface area contributed by atoms with Gasteiger partial charge in [-0.3, -0.25) is 4.90 Å². The number of quaternary nitrogens is 2. The molecule has 3 heterocycles. The number of tetrazole rings is 1. The number of benzene rings is 2. The van der Waals surface area contributed by atoms with E-state index in [9.17, 15) is 0 Å². The molecule has 6 nitrogen and oxygen atoms in total. The molecule has 0 radical (unpaired) electrons. The molecule has 0 amide bonds. The van der Waals surface area contributed by atoms with Gasteiger partial charge in [-0.15, -0.1) is 16.4 Å². The minimum absolute atomic E-state index is 0.137. The van der Waals surface area contributed by atoms with Crippen LogP contribution < -0.4 is 9.80 Å². The molecule has 1 fully saturated rings. The number of nitrogens with zero attached hydrogens (tertiary/aromatic N) is 4. The minimum Gasteiger partial charge on any atom is -0.313 e. The monoisotopic (exact) mass is 418 g/mol. The fourth-order valence-corrected chi connectivity index (χ4v) is 5.10. The van der Waals surface area contributed by atoms with E-state index < -0.39 is 0 Å². The highest BCUT2D eigenvalue weighted by Crippen LogP contribution is 2.19. The summed E-state index contributed by atoms with van der Waals surface area (Å²) >= 11 is 1.74. The zero-order valence-corrected chi connectivity index (χ0v) is 17.6. The van der Waals surface area contributed by atoms with Crippen LogP contribution in [0.5, 0.6) is 0 Å². The smallest absolute Gasteiger partial charge is 0.214 e. The number of nitrogens with one attached hydrogen (secondary N) is 2. The molecule has 0 spiro atoms. The van der Waals surface area contributed by atoms with Gasteiger partial charge in [0.1, 0.15) is 31.9 Å². The SMILES string of the molecule is c1ccc([C@@H](c2nnnn2Cc2cccs2)[NH+]2CC[NH+](c3ccccc3)CC2)cc1. The lowest BCUT2D eigenvalue weighted by Gasteiger charge is -2.34. The van der Waals surface area contributed by atoms with E-state index in [4.69, 9.17) is 0 Å². The van der Waals surface area contributed by atoms with Crippen LogP contribution in [-0.2, 0) is 6.54 Å². The van der Waals surface area contributed by atoms with Gasteiger partial charge in [0.25, 0.3) is 0 Å². The van der Waals surface area contributed by atoms with Crippen LogP contribution in [0.15, 0.2) is 78.2 Å². The Labute approximate surface area is 180 Å². The van der Waals surface area contributed by atoms with Crippen LogP contribution in [0.4, 0.5) is 5.69 Å². The average Bonchev–Trinajstić information content (AvgIpc) is 3.49. The molecule has 5 rings (SSSR count). The van der Waals surface area contributed by atoms with E-state index in [1.54, 1.807) is 16.2 Å². The lowest BCUT2D eigenvalue weighted by atomic mass is 10.0. The van der Waals surface area contributed by atoms with Crippen LogP contribution in [0, 0.1) is 0 Å². The van der Waals surface area contributed by atoms with E-state index in [-0.39, 0.29) is 6.04 Å². The molecule has 152 valence electrons. The van der Waals surface area contributed by atoms with Crippen molar-refractivity contribution < 1.29 is 9.80 Å². The first-order valence-electron chi connectivity index (χ1n) is 10.5. The summed E-state index contributed by atoms with van der Waals surface area (Å²) in [5.41, 5.74) is 2.66. The van der Waals surface area contributed by atoms with Gasteiger partial charge in [-0.1, -0.05) is 54.6 Å². The zero-order valence-electron chi connectivity index (χ0n) is 16.8. The van der Waals surface area contributed by atoms with Crippen molar-refractivity contribution in [3.8, 4) is 0 Å². The minimum atomic E-state index is 0.137. The van der Waals surface area contributed by atoms with Gasteiger partial charge in [0, 0.05) is 10.4 Å². The van der Waals surface area contributed by atoms with Crippen LogP contribution in [0.25, 0.3) is 0 Å². The maximum Gasteiger partial charge on any atom is 0.214 e.